The van der Waals surface area contributed by atoms with Gasteiger partial charge in [-0.05, 0) is 38.8 Å². The van der Waals surface area contributed by atoms with Gasteiger partial charge >= 0.3 is 0 Å². The minimum atomic E-state index is 0.390. The molecule has 15 heavy (non-hydrogen) atoms. The molecular formula is C13H20N2. The molecule has 82 valence electrons. The van der Waals surface area contributed by atoms with Crippen LogP contribution in [-0.2, 0) is 0 Å². The van der Waals surface area contributed by atoms with Crippen LogP contribution in [0.15, 0.2) is 24.3 Å². The highest BCUT2D eigenvalue weighted by molar-refractivity contribution is 5.48. The summed E-state index contributed by atoms with van der Waals surface area (Å²) in [6.07, 6.45) is 2.21. The average molecular weight is 204 g/mol. The number of aryl methyl sites for hydroxylation is 1. The Balaban J connectivity index is 2.13. The van der Waals surface area contributed by atoms with Gasteiger partial charge in [0.15, 0.2) is 0 Å². The van der Waals surface area contributed by atoms with E-state index in [1.807, 2.05) is 0 Å². The molecule has 2 atom stereocenters. The molecule has 0 aromatic heterocycles. The normalized spacial score (nSPS) is 26.7. The Morgan fingerprint density at radius 2 is 1.93 bits per heavy atom. The molecular weight excluding hydrogens is 184 g/mol. The van der Waals surface area contributed by atoms with E-state index < -0.39 is 0 Å². The predicted octanol–water partition coefficient (Wildman–Crippen LogP) is 2.31. The molecule has 1 heterocycles. The first-order valence-corrected chi connectivity index (χ1v) is 5.75. The molecule has 0 spiro atoms. The van der Waals surface area contributed by atoms with Crippen molar-refractivity contribution in [2.75, 3.05) is 11.4 Å². The number of hydrogen-bond acceptors (Lipinski definition) is 2. The lowest BCUT2D eigenvalue weighted by Gasteiger charge is -2.38. The Labute approximate surface area is 92.1 Å². The van der Waals surface area contributed by atoms with Crippen LogP contribution in [0.3, 0.4) is 0 Å². The van der Waals surface area contributed by atoms with Gasteiger partial charge in [-0.2, -0.15) is 0 Å². The second kappa shape index (κ2) is 4.23. The number of piperidine rings is 1. The van der Waals surface area contributed by atoms with Crippen LogP contribution in [0.4, 0.5) is 5.69 Å². The first-order chi connectivity index (χ1) is 7.16. The van der Waals surface area contributed by atoms with Crippen LogP contribution in [0.25, 0.3) is 0 Å². The number of anilines is 1. The lowest BCUT2D eigenvalue weighted by molar-refractivity contribution is 0.430. The summed E-state index contributed by atoms with van der Waals surface area (Å²) >= 11 is 0. The maximum Gasteiger partial charge on any atom is 0.0368 e. The van der Waals surface area contributed by atoms with Crippen LogP contribution in [0.5, 0.6) is 0 Å². The van der Waals surface area contributed by atoms with Crippen molar-refractivity contribution in [2.24, 2.45) is 5.73 Å². The molecule has 2 heteroatoms. The standard InChI is InChI=1S/C13H20N2/c1-10-3-5-13(6-4-10)15-8-7-12(14)9-11(15)2/h3-6,11-12H,7-9,14H2,1-2H3. The molecule has 1 saturated heterocycles. The lowest BCUT2D eigenvalue weighted by Crippen LogP contribution is -2.45. The van der Waals surface area contributed by atoms with E-state index in [1.54, 1.807) is 0 Å². The zero-order valence-corrected chi connectivity index (χ0v) is 9.61. The van der Waals surface area contributed by atoms with E-state index in [0.717, 1.165) is 19.4 Å². The zero-order valence-electron chi connectivity index (χ0n) is 9.61. The van der Waals surface area contributed by atoms with Crippen molar-refractivity contribution < 1.29 is 0 Å². The van der Waals surface area contributed by atoms with E-state index in [9.17, 15) is 0 Å². The van der Waals surface area contributed by atoms with Gasteiger partial charge in [0.2, 0.25) is 0 Å². The van der Waals surface area contributed by atoms with Crippen molar-refractivity contribution in [1.82, 2.24) is 0 Å². The summed E-state index contributed by atoms with van der Waals surface area (Å²) in [6.45, 7) is 5.48. The molecule has 0 amide bonds. The first kappa shape index (κ1) is 10.5. The summed E-state index contributed by atoms with van der Waals surface area (Å²) in [7, 11) is 0. The van der Waals surface area contributed by atoms with Gasteiger partial charge in [-0.15, -0.1) is 0 Å². The zero-order chi connectivity index (χ0) is 10.8. The topological polar surface area (TPSA) is 29.3 Å². The second-order valence-electron chi connectivity index (χ2n) is 4.66. The van der Waals surface area contributed by atoms with Gasteiger partial charge in [-0.25, -0.2) is 0 Å². The molecule has 2 rings (SSSR count). The Hall–Kier alpha value is -1.02. The van der Waals surface area contributed by atoms with E-state index in [-0.39, 0.29) is 0 Å². The molecule has 2 N–H and O–H groups in total. The second-order valence-corrected chi connectivity index (χ2v) is 4.66. The van der Waals surface area contributed by atoms with Crippen LogP contribution in [0.2, 0.25) is 0 Å². The van der Waals surface area contributed by atoms with Gasteiger partial charge in [0.05, 0.1) is 0 Å². The van der Waals surface area contributed by atoms with E-state index in [1.165, 1.54) is 11.3 Å². The van der Waals surface area contributed by atoms with Crippen LogP contribution in [-0.4, -0.2) is 18.6 Å². The predicted molar refractivity (Wildman–Crippen MR) is 65.2 cm³/mol. The summed E-state index contributed by atoms with van der Waals surface area (Å²) in [5.74, 6) is 0. The summed E-state index contributed by atoms with van der Waals surface area (Å²) in [5, 5.41) is 0. The van der Waals surface area contributed by atoms with Gasteiger partial charge in [-0.3, -0.25) is 0 Å². The van der Waals surface area contributed by atoms with Crippen LogP contribution in [0.1, 0.15) is 25.3 Å². The molecule has 1 aromatic rings. The molecule has 1 aromatic carbocycles. The molecule has 0 saturated carbocycles. The SMILES string of the molecule is Cc1ccc(N2CCC(N)CC2C)cc1. The summed E-state index contributed by atoms with van der Waals surface area (Å²) in [6, 6.07) is 9.73. The van der Waals surface area contributed by atoms with Gasteiger partial charge < -0.3 is 10.6 Å². The number of benzene rings is 1. The Bertz CT molecular complexity index is 318. The Kier molecular flexibility index (Phi) is 2.96. The van der Waals surface area contributed by atoms with Gasteiger partial charge in [-0.1, -0.05) is 17.7 Å². The molecule has 1 fully saturated rings. The smallest absolute Gasteiger partial charge is 0.0368 e. The maximum absolute atomic E-state index is 5.96. The van der Waals surface area contributed by atoms with E-state index in [0.29, 0.717) is 12.1 Å². The monoisotopic (exact) mass is 204 g/mol. The van der Waals surface area contributed by atoms with E-state index >= 15 is 0 Å². The number of hydrogen-bond donors (Lipinski definition) is 1. The van der Waals surface area contributed by atoms with Gasteiger partial charge in [0.25, 0.3) is 0 Å². The third-order valence-electron chi connectivity index (χ3n) is 3.28. The van der Waals surface area contributed by atoms with E-state index in [4.69, 9.17) is 5.73 Å². The maximum atomic E-state index is 5.96. The highest BCUT2D eigenvalue weighted by atomic mass is 15.2. The van der Waals surface area contributed by atoms with Crippen LogP contribution >= 0.6 is 0 Å². The van der Waals surface area contributed by atoms with Gasteiger partial charge in [0, 0.05) is 24.3 Å². The Morgan fingerprint density at radius 1 is 1.27 bits per heavy atom. The third kappa shape index (κ3) is 2.32. The van der Waals surface area contributed by atoms with Crippen molar-refractivity contribution in [1.29, 1.82) is 0 Å². The fraction of sp³-hybridized carbons (Fsp3) is 0.538. The van der Waals surface area contributed by atoms with Crippen molar-refractivity contribution in [3.8, 4) is 0 Å². The molecule has 2 unspecified atom stereocenters. The average Bonchev–Trinajstić information content (AvgIpc) is 2.20. The summed E-state index contributed by atoms with van der Waals surface area (Å²) < 4.78 is 0. The molecule has 2 nitrogen and oxygen atoms in total. The van der Waals surface area contributed by atoms with Crippen LogP contribution < -0.4 is 10.6 Å². The largest absolute Gasteiger partial charge is 0.369 e. The quantitative estimate of drug-likeness (QED) is 0.760. The highest BCUT2D eigenvalue weighted by Crippen LogP contribution is 2.24. The van der Waals surface area contributed by atoms with Crippen molar-refractivity contribution in [2.45, 2.75) is 38.8 Å². The molecule has 0 aliphatic carbocycles. The third-order valence-corrected chi connectivity index (χ3v) is 3.28. The number of nitrogens with zero attached hydrogens (tertiary/aromatic N) is 1. The van der Waals surface area contributed by atoms with Crippen molar-refractivity contribution in [3.63, 3.8) is 0 Å². The number of nitrogens with two attached hydrogens (primary N) is 1. The minimum absolute atomic E-state index is 0.390. The fourth-order valence-corrected chi connectivity index (χ4v) is 2.33. The van der Waals surface area contributed by atoms with E-state index in [2.05, 4.69) is 43.0 Å². The Morgan fingerprint density at radius 3 is 2.53 bits per heavy atom. The summed E-state index contributed by atoms with van der Waals surface area (Å²) in [4.78, 5) is 2.46. The van der Waals surface area contributed by atoms with Gasteiger partial charge in [0.1, 0.15) is 0 Å². The minimum Gasteiger partial charge on any atom is -0.369 e. The number of rotatable bonds is 1. The lowest BCUT2D eigenvalue weighted by atomic mass is 9.98. The van der Waals surface area contributed by atoms with Crippen LogP contribution in [0, 0.1) is 6.92 Å². The fourth-order valence-electron chi connectivity index (χ4n) is 2.33. The molecule has 0 radical (unpaired) electrons. The highest BCUT2D eigenvalue weighted by Gasteiger charge is 2.22. The molecule has 1 aliphatic heterocycles. The van der Waals surface area contributed by atoms with Crippen molar-refractivity contribution in [3.05, 3.63) is 29.8 Å². The van der Waals surface area contributed by atoms with Crippen molar-refractivity contribution >= 4 is 5.69 Å². The first-order valence-electron chi connectivity index (χ1n) is 5.75. The summed E-state index contributed by atoms with van der Waals surface area (Å²) in [5.41, 5.74) is 8.62. The molecule has 0 bridgehead atoms. The molecule has 1 aliphatic rings.